The summed E-state index contributed by atoms with van der Waals surface area (Å²) in [5.41, 5.74) is 0.838. The van der Waals surface area contributed by atoms with Gasteiger partial charge < -0.3 is 23.4 Å². The van der Waals surface area contributed by atoms with Crippen molar-refractivity contribution in [3.05, 3.63) is 23.9 Å². The molecule has 2 bridgehead atoms. The number of likely N-dealkylation sites (N-methyl/N-ethyl adjacent to an activating group) is 1. The van der Waals surface area contributed by atoms with Gasteiger partial charge >= 0.3 is 5.97 Å². The molecule has 0 aliphatic carbocycles. The van der Waals surface area contributed by atoms with Gasteiger partial charge in [0.05, 0.1) is 19.8 Å². The Labute approximate surface area is 237 Å². The third kappa shape index (κ3) is 14.4. The van der Waals surface area contributed by atoms with Crippen molar-refractivity contribution in [3.8, 4) is 0 Å². The Balaban J connectivity index is 1.56. The molecule has 0 fully saturated rings. The maximum Gasteiger partial charge on any atom is 0.303 e. The van der Waals surface area contributed by atoms with Crippen LogP contribution in [0.15, 0.2) is 23.9 Å². The summed E-state index contributed by atoms with van der Waals surface area (Å²) in [6.07, 6.45) is 22.1. The van der Waals surface area contributed by atoms with Gasteiger partial charge in [0, 0.05) is 19.1 Å². The van der Waals surface area contributed by atoms with Crippen molar-refractivity contribution in [1.82, 2.24) is 0 Å². The van der Waals surface area contributed by atoms with E-state index in [0.29, 0.717) is 17.6 Å². The SMILES string of the molecule is CCCCCCCCCCCCCCCCOC(C)C(COP(=O)([O-])OC1C[N+]2(C)C=C1C=CC2)OC(C)=O. The largest absolute Gasteiger partial charge is 0.756 e. The van der Waals surface area contributed by atoms with Gasteiger partial charge in [0.1, 0.15) is 25.4 Å². The number of quaternary nitrogens is 1. The second-order valence-corrected chi connectivity index (χ2v) is 12.9. The fourth-order valence-electron chi connectivity index (χ4n) is 5.28. The number of phosphoric acid groups is 1. The van der Waals surface area contributed by atoms with Crippen molar-refractivity contribution in [2.24, 2.45) is 0 Å². The van der Waals surface area contributed by atoms with E-state index in [1.807, 2.05) is 25.4 Å². The highest BCUT2D eigenvalue weighted by atomic mass is 31.2. The fraction of sp³-hybridized carbons (Fsp3) is 0.833. The molecule has 2 aliphatic rings. The minimum atomic E-state index is -4.60. The van der Waals surface area contributed by atoms with E-state index < -0.39 is 32.1 Å². The lowest BCUT2D eigenvalue weighted by atomic mass is 10.0. The van der Waals surface area contributed by atoms with Gasteiger partial charge in [0.25, 0.3) is 7.82 Å². The number of nitrogens with zero attached hydrogens (tertiary/aromatic N) is 1. The van der Waals surface area contributed by atoms with E-state index >= 15 is 0 Å². The molecular weight excluding hydrogens is 517 g/mol. The number of hydrogen-bond acceptors (Lipinski definition) is 7. The van der Waals surface area contributed by atoms with E-state index in [-0.39, 0.29) is 6.61 Å². The number of hydrogen-bond donors (Lipinski definition) is 0. The molecule has 2 rings (SSSR count). The van der Waals surface area contributed by atoms with Crippen molar-refractivity contribution in [3.63, 3.8) is 0 Å². The molecule has 5 unspecified atom stereocenters. The fourth-order valence-corrected chi connectivity index (χ4v) is 6.17. The Morgan fingerprint density at radius 3 is 2.13 bits per heavy atom. The van der Waals surface area contributed by atoms with Crippen molar-refractivity contribution < 1.29 is 37.3 Å². The van der Waals surface area contributed by atoms with E-state index in [0.717, 1.165) is 25.0 Å². The molecule has 0 amide bonds. The maximum atomic E-state index is 12.5. The van der Waals surface area contributed by atoms with Crippen LogP contribution in [0.2, 0.25) is 0 Å². The quantitative estimate of drug-likeness (QED) is 0.0591. The Hall–Kier alpha value is -1.02. The minimum absolute atomic E-state index is 0.339. The van der Waals surface area contributed by atoms with Crippen LogP contribution in [0, 0.1) is 0 Å². The van der Waals surface area contributed by atoms with Crippen LogP contribution in [0.5, 0.6) is 0 Å². The van der Waals surface area contributed by atoms with Gasteiger partial charge in [-0.2, -0.15) is 0 Å². The molecule has 2 heterocycles. The van der Waals surface area contributed by atoms with E-state index in [1.54, 1.807) is 6.92 Å². The van der Waals surface area contributed by atoms with Crippen molar-refractivity contribution in [2.45, 2.75) is 129 Å². The van der Waals surface area contributed by atoms with E-state index in [9.17, 15) is 14.3 Å². The van der Waals surface area contributed by atoms with Crippen LogP contribution < -0.4 is 4.89 Å². The molecule has 0 N–H and O–H groups in total. The van der Waals surface area contributed by atoms with Gasteiger partial charge in [-0.25, -0.2) is 0 Å². The van der Waals surface area contributed by atoms with Gasteiger partial charge in [0.2, 0.25) is 0 Å². The molecule has 0 saturated heterocycles. The first-order valence-corrected chi connectivity index (χ1v) is 16.8. The van der Waals surface area contributed by atoms with E-state index in [1.165, 1.54) is 84.0 Å². The monoisotopic (exact) mass is 571 g/mol. The standard InChI is InChI=1S/C30H54NO7P/c1-5-6-7-8-9-10-11-12-13-14-15-16-17-18-22-35-26(2)30(37-27(3)32)25-36-39(33,34)38-29-24-31(4)21-19-20-28(29)23-31/h19-20,23,26,29-30H,5-18,21-22,24-25H2,1-4H3. The molecule has 0 aromatic rings. The number of rotatable bonds is 23. The smallest absolute Gasteiger partial charge is 0.303 e. The molecule has 5 atom stereocenters. The molecule has 226 valence electrons. The van der Waals surface area contributed by atoms with E-state index in [2.05, 4.69) is 6.92 Å². The van der Waals surface area contributed by atoms with Crippen molar-refractivity contribution in [1.29, 1.82) is 0 Å². The lowest BCUT2D eigenvalue weighted by molar-refractivity contribution is -0.850. The summed E-state index contributed by atoms with van der Waals surface area (Å²) in [6, 6.07) is 0. The Morgan fingerprint density at radius 1 is 1.03 bits per heavy atom. The van der Waals surface area contributed by atoms with Crippen molar-refractivity contribution in [2.75, 3.05) is 33.4 Å². The summed E-state index contributed by atoms with van der Waals surface area (Å²) in [6.45, 7) is 6.84. The van der Waals surface area contributed by atoms with Gasteiger partial charge in [0.15, 0.2) is 6.10 Å². The average Bonchev–Trinajstić information content (AvgIpc) is 3.09. The first-order chi connectivity index (χ1) is 18.6. The number of carbonyl (C=O) groups excluding carboxylic acids is 1. The molecule has 2 aliphatic heterocycles. The lowest BCUT2D eigenvalue weighted by Crippen LogP contribution is -2.40. The second-order valence-electron chi connectivity index (χ2n) is 11.5. The minimum Gasteiger partial charge on any atom is -0.756 e. The zero-order valence-electron chi connectivity index (χ0n) is 24.9. The number of esters is 1. The van der Waals surface area contributed by atoms with Gasteiger partial charge in [-0.05, 0) is 25.5 Å². The molecule has 8 nitrogen and oxygen atoms in total. The molecule has 39 heavy (non-hydrogen) atoms. The van der Waals surface area contributed by atoms with Crippen LogP contribution in [-0.4, -0.2) is 62.1 Å². The zero-order chi connectivity index (χ0) is 28.6. The lowest BCUT2D eigenvalue weighted by Gasteiger charge is -2.30. The highest BCUT2D eigenvalue weighted by Crippen LogP contribution is 2.44. The highest BCUT2D eigenvalue weighted by Gasteiger charge is 2.39. The normalized spacial score (nSPS) is 23.3. The summed E-state index contributed by atoms with van der Waals surface area (Å²) in [7, 11) is -2.58. The predicted octanol–water partition coefficient (Wildman–Crippen LogP) is 6.59. The molecular formula is C30H54NO7P. The van der Waals surface area contributed by atoms with Crippen LogP contribution in [0.4, 0.5) is 0 Å². The number of ether oxygens (including phenoxy) is 2. The van der Waals surface area contributed by atoms with Crippen LogP contribution in [-0.2, 0) is 27.9 Å². The predicted molar refractivity (Wildman–Crippen MR) is 153 cm³/mol. The summed E-state index contributed by atoms with van der Waals surface area (Å²) in [4.78, 5) is 24.1. The van der Waals surface area contributed by atoms with Gasteiger partial charge in [-0.15, -0.1) is 0 Å². The van der Waals surface area contributed by atoms with Crippen LogP contribution in [0.1, 0.15) is 111 Å². The van der Waals surface area contributed by atoms with Crippen molar-refractivity contribution >= 4 is 13.8 Å². The zero-order valence-corrected chi connectivity index (χ0v) is 25.8. The third-order valence-corrected chi connectivity index (χ3v) is 8.60. The molecule has 0 radical (unpaired) electrons. The summed E-state index contributed by atoms with van der Waals surface area (Å²) in [5, 5.41) is 0. The Kier molecular flexibility index (Phi) is 16.1. The number of phosphoric ester groups is 1. The van der Waals surface area contributed by atoms with E-state index in [4.69, 9.17) is 18.5 Å². The highest BCUT2D eigenvalue weighted by molar-refractivity contribution is 7.45. The number of carbonyl (C=O) groups is 1. The Morgan fingerprint density at radius 2 is 1.59 bits per heavy atom. The first kappa shape index (κ1) is 34.2. The summed E-state index contributed by atoms with van der Waals surface area (Å²) in [5.74, 6) is -0.512. The second kappa shape index (κ2) is 18.4. The van der Waals surface area contributed by atoms with Crippen LogP contribution >= 0.6 is 7.82 Å². The van der Waals surface area contributed by atoms with Crippen LogP contribution in [0.3, 0.4) is 0 Å². The molecule has 0 aromatic heterocycles. The summed E-state index contributed by atoms with van der Waals surface area (Å²) >= 11 is 0. The Bertz CT molecular complexity index is 817. The number of unbranched alkanes of at least 4 members (excludes halogenated alkanes) is 13. The molecule has 0 saturated carbocycles. The molecule has 0 aromatic carbocycles. The first-order valence-electron chi connectivity index (χ1n) is 15.3. The average molecular weight is 572 g/mol. The third-order valence-electron chi connectivity index (χ3n) is 7.62. The van der Waals surface area contributed by atoms with Gasteiger partial charge in [-0.3, -0.25) is 13.8 Å². The molecule has 0 spiro atoms. The maximum absolute atomic E-state index is 12.5. The summed E-state index contributed by atoms with van der Waals surface area (Å²) < 4.78 is 34.8. The number of fused-ring (bicyclic) bond motifs is 1. The van der Waals surface area contributed by atoms with Gasteiger partial charge in [-0.1, -0.05) is 90.4 Å². The molecule has 9 heteroatoms. The van der Waals surface area contributed by atoms with Crippen LogP contribution in [0.25, 0.3) is 0 Å². The topological polar surface area (TPSA) is 94.1 Å².